The van der Waals surface area contributed by atoms with Crippen LogP contribution in [0.25, 0.3) is 0 Å². The van der Waals surface area contributed by atoms with Gasteiger partial charge in [0, 0.05) is 5.56 Å². The Morgan fingerprint density at radius 3 is 2.85 bits per heavy atom. The van der Waals surface area contributed by atoms with Crippen molar-refractivity contribution in [2.24, 2.45) is 5.10 Å². The number of aromatic amines is 1. The number of hydrogen-bond acceptors (Lipinski definition) is 6. The molecule has 0 unspecified atom stereocenters. The van der Waals surface area contributed by atoms with Gasteiger partial charge in [0.25, 0.3) is 5.56 Å². The molecule has 0 bridgehead atoms. The minimum atomic E-state index is -0.430. The average molecular weight is 382 g/mol. The second-order valence-electron chi connectivity index (χ2n) is 5.73. The summed E-state index contributed by atoms with van der Waals surface area (Å²) in [7, 11) is 1.57. The normalized spacial score (nSPS) is 10.9. The Balaban J connectivity index is 1.93. The quantitative estimate of drug-likeness (QED) is 0.523. The molecule has 3 rings (SSSR count). The fraction of sp³-hybridized carbons (Fsp3) is 0.158. The van der Waals surface area contributed by atoms with E-state index in [1.165, 1.54) is 6.21 Å². The fourth-order valence-corrected chi connectivity index (χ4v) is 2.67. The summed E-state index contributed by atoms with van der Waals surface area (Å²) in [6.45, 7) is 2.40. The van der Waals surface area contributed by atoms with Gasteiger partial charge < -0.3 is 9.47 Å². The molecule has 27 heavy (non-hydrogen) atoms. The minimum absolute atomic E-state index is 0.101. The van der Waals surface area contributed by atoms with E-state index < -0.39 is 5.56 Å². The number of methoxy groups -OCH3 is 1. The van der Waals surface area contributed by atoms with Crippen molar-refractivity contribution in [2.75, 3.05) is 7.11 Å². The summed E-state index contributed by atoms with van der Waals surface area (Å²) in [4.78, 5) is 11.9. The van der Waals surface area contributed by atoms with Crippen molar-refractivity contribution in [1.29, 1.82) is 0 Å². The Kier molecular flexibility index (Phi) is 5.77. The molecule has 138 valence electrons. The molecule has 1 N–H and O–H groups in total. The Bertz CT molecular complexity index is 1060. The third-order valence-corrected chi connectivity index (χ3v) is 4.01. The van der Waals surface area contributed by atoms with Gasteiger partial charge in [0.2, 0.25) is 4.77 Å². The molecule has 0 amide bonds. The summed E-state index contributed by atoms with van der Waals surface area (Å²) < 4.78 is 12.6. The van der Waals surface area contributed by atoms with Crippen molar-refractivity contribution < 1.29 is 9.47 Å². The van der Waals surface area contributed by atoms with Crippen LogP contribution in [0.5, 0.6) is 11.5 Å². The van der Waals surface area contributed by atoms with Crippen molar-refractivity contribution >= 4 is 18.4 Å². The molecular formula is C19H18N4O3S. The first-order valence-electron chi connectivity index (χ1n) is 8.15. The van der Waals surface area contributed by atoms with Crippen LogP contribution < -0.4 is 15.0 Å². The van der Waals surface area contributed by atoms with Crippen molar-refractivity contribution in [3.63, 3.8) is 0 Å². The summed E-state index contributed by atoms with van der Waals surface area (Å²) in [5, 5.41) is 10.3. The summed E-state index contributed by atoms with van der Waals surface area (Å²) >= 11 is 5.04. The molecule has 0 spiro atoms. The van der Waals surface area contributed by atoms with Crippen LogP contribution in [0.1, 0.15) is 16.7 Å². The third kappa shape index (κ3) is 4.48. The van der Waals surface area contributed by atoms with Crippen LogP contribution in [0.2, 0.25) is 0 Å². The summed E-state index contributed by atoms with van der Waals surface area (Å²) in [5.74, 6) is 1.10. The van der Waals surface area contributed by atoms with Gasteiger partial charge in [-0.1, -0.05) is 35.9 Å². The van der Waals surface area contributed by atoms with Crippen molar-refractivity contribution in [3.05, 3.63) is 80.5 Å². The second kappa shape index (κ2) is 8.41. The van der Waals surface area contributed by atoms with Crippen LogP contribution in [-0.4, -0.2) is 28.2 Å². The topological polar surface area (TPSA) is 81.5 Å². The number of benzene rings is 2. The molecule has 0 radical (unpaired) electrons. The van der Waals surface area contributed by atoms with E-state index in [9.17, 15) is 4.79 Å². The molecule has 1 heterocycles. The molecular weight excluding hydrogens is 364 g/mol. The van der Waals surface area contributed by atoms with Gasteiger partial charge in [0.1, 0.15) is 12.8 Å². The third-order valence-electron chi connectivity index (χ3n) is 3.74. The Hall–Kier alpha value is -3.26. The number of para-hydroxylation sites is 1. The maximum atomic E-state index is 11.9. The highest BCUT2D eigenvalue weighted by molar-refractivity contribution is 7.71. The summed E-state index contributed by atoms with van der Waals surface area (Å²) in [6, 6.07) is 13.5. The smallest absolute Gasteiger partial charge is 0.293 e. The van der Waals surface area contributed by atoms with Crippen molar-refractivity contribution in [2.45, 2.75) is 13.5 Å². The Morgan fingerprint density at radius 1 is 1.30 bits per heavy atom. The van der Waals surface area contributed by atoms with E-state index in [2.05, 4.69) is 21.4 Å². The monoisotopic (exact) mass is 382 g/mol. The van der Waals surface area contributed by atoms with Gasteiger partial charge in [-0.3, -0.25) is 9.89 Å². The molecule has 0 saturated carbocycles. The average Bonchev–Trinajstić information content (AvgIpc) is 2.66. The zero-order chi connectivity index (χ0) is 19.2. The standard InChI is InChI=1S/C19H18N4O3S/c1-13-5-3-6-14(9-13)12-26-18-15(7-4-8-16(18)25-2)10-21-23-17(24)11-20-22-19(23)27/h3-11H,12H2,1-2H3,(H,22,27)/b21-10-. The maximum absolute atomic E-state index is 11.9. The van der Waals surface area contributed by atoms with Crippen LogP contribution in [-0.2, 0) is 6.61 Å². The van der Waals surface area contributed by atoms with E-state index >= 15 is 0 Å². The number of ether oxygens (including phenoxy) is 2. The van der Waals surface area contributed by atoms with Crippen molar-refractivity contribution in [1.82, 2.24) is 14.9 Å². The number of aryl methyl sites for hydroxylation is 1. The second-order valence-corrected chi connectivity index (χ2v) is 6.11. The van der Waals surface area contributed by atoms with Crippen molar-refractivity contribution in [3.8, 4) is 11.5 Å². The van der Waals surface area contributed by atoms with Gasteiger partial charge in [0.05, 0.1) is 13.3 Å². The summed E-state index contributed by atoms with van der Waals surface area (Å²) in [5.41, 5.74) is 2.42. The van der Waals surface area contributed by atoms with E-state index in [0.717, 1.165) is 22.0 Å². The molecule has 1 aromatic heterocycles. The van der Waals surface area contributed by atoms with Crippen LogP contribution in [0.15, 0.2) is 58.6 Å². The number of nitrogens with zero attached hydrogens (tertiary/aromatic N) is 3. The highest BCUT2D eigenvalue weighted by Gasteiger charge is 2.10. The Morgan fingerprint density at radius 2 is 2.11 bits per heavy atom. The predicted molar refractivity (Wildman–Crippen MR) is 105 cm³/mol. The highest BCUT2D eigenvalue weighted by atomic mass is 32.1. The molecule has 0 aliphatic rings. The fourth-order valence-electron chi connectivity index (χ4n) is 2.48. The van der Waals surface area contributed by atoms with Gasteiger partial charge >= 0.3 is 0 Å². The molecule has 0 atom stereocenters. The molecule has 2 aromatic carbocycles. The largest absolute Gasteiger partial charge is 0.493 e. The lowest BCUT2D eigenvalue weighted by Gasteiger charge is -2.13. The number of nitrogens with one attached hydrogen (secondary N) is 1. The van der Waals surface area contributed by atoms with Gasteiger partial charge in [-0.2, -0.15) is 14.9 Å². The maximum Gasteiger partial charge on any atom is 0.293 e. The SMILES string of the molecule is COc1cccc(/C=N\n2c(=O)cn[nH]c2=S)c1OCc1cccc(C)c1. The first-order chi connectivity index (χ1) is 13.1. The zero-order valence-corrected chi connectivity index (χ0v) is 15.7. The van der Waals surface area contributed by atoms with Gasteiger partial charge in [0.15, 0.2) is 11.5 Å². The summed E-state index contributed by atoms with van der Waals surface area (Å²) in [6.07, 6.45) is 2.60. The van der Waals surface area contributed by atoms with Gasteiger partial charge in [-0.05, 0) is 36.8 Å². The number of hydrogen-bond donors (Lipinski definition) is 1. The van der Waals surface area contributed by atoms with E-state index in [4.69, 9.17) is 21.7 Å². The lowest BCUT2D eigenvalue weighted by Crippen LogP contribution is -2.18. The molecule has 0 fully saturated rings. The van der Waals surface area contributed by atoms with Crippen LogP contribution in [0.4, 0.5) is 0 Å². The van der Waals surface area contributed by atoms with Gasteiger partial charge in [-0.15, -0.1) is 0 Å². The molecule has 7 nitrogen and oxygen atoms in total. The predicted octanol–water partition coefficient (Wildman–Crippen LogP) is 3.08. The van der Waals surface area contributed by atoms with Crippen LogP contribution in [0, 0.1) is 11.7 Å². The minimum Gasteiger partial charge on any atom is -0.493 e. The molecule has 0 aliphatic carbocycles. The molecule has 3 aromatic rings. The lowest BCUT2D eigenvalue weighted by atomic mass is 10.1. The number of aromatic nitrogens is 3. The highest BCUT2D eigenvalue weighted by Crippen LogP contribution is 2.31. The molecule has 8 heteroatoms. The van der Waals surface area contributed by atoms with Crippen LogP contribution in [0.3, 0.4) is 0 Å². The Labute approximate surface area is 160 Å². The zero-order valence-electron chi connectivity index (χ0n) is 14.9. The van der Waals surface area contributed by atoms with Gasteiger partial charge in [-0.25, -0.2) is 0 Å². The lowest BCUT2D eigenvalue weighted by molar-refractivity contribution is 0.284. The van der Waals surface area contributed by atoms with E-state index in [1.807, 2.05) is 37.3 Å². The first-order valence-corrected chi connectivity index (χ1v) is 8.56. The molecule has 0 aliphatic heterocycles. The van der Waals surface area contributed by atoms with E-state index in [-0.39, 0.29) is 4.77 Å². The van der Waals surface area contributed by atoms with E-state index in [0.29, 0.717) is 23.7 Å². The number of rotatable bonds is 6. The first kappa shape index (κ1) is 18.5. The van der Waals surface area contributed by atoms with E-state index in [1.54, 1.807) is 13.2 Å². The molecule has 0 saturated heterocycles. The number of H-pyrrole nitrogens is 1. The van der Waals surface area contributed by atoms with Crippen LogP contribution >= 0.6 is 12.2 Å².